The zero-order valence-corrected chi connectivity index (χ0v) is 16.5. The van der Waals surface area contributed by atoms with Crippen LogP contribution < -0.4 is 20.6 Å². The SMILES string of the molecule is O=C(NN=Cc1cccc(Oc2ccc([NH+]([O-])O)cc2[NH+]([O-])O)c1)[C@H](O)c1ccccc1. The lowest BCUT2D eigenvalue weighted by Gasteiger charge is -2.18. The van der Waals surface area contributed by atoms with Crippen LogP contribution in [-0.2, 0) is 4.79 Å². The van der Waals surface area contributed by atoms with E-state index in [9.17, 15) is 25.5 Å². The van der Waals surface area contributed by atoms with E-state index in [1.54, 1.807) is 54.6 Å². The number of ether oxygens (including phenoxy) is 1. The highest BCUT2D eigenvalue weighted by Crippen LogP contribution is 2.29. The van der Waals surface area contributed by atoms with Crippen molar-refractivity contribution in [2.24, 2.45) is 5.10 Å². The van der Waals surface area contributed by atoms with Crippen LogP contribution in [0.25, 0.3) is 0 Å². The fraction of sp³-hybridized carbons (Fsp3) is 0.0476. The fourth-order valence-corrected chi connectivity index (χ4v) is 2.72. The molecule has 3 atom stereocenters. The molecule has 3 rings (SSSR count). The first-order valence-electron chi connectivity index (χ1n) is 9.29. The van der Waals surface area contributed by atoms with Gasteiger partial charge < -0.3 is 20.3 Å². The van der Waals surface area contributed by atoms with E-state index in [4.69, 9.17) is 9.94 Å². The maximum absolute atomic E-state index is 12.0. The largest absolute Gasteiger partial charge is 0.595 e. The van der Waals surface area contributed by atoms with Gasteiger partial charge in [-0.1, -0.05) is 42.5 Å². The van der Waals surface area contributed by atoms with Crippen molar-refractivity contribution in [3.63, 3.8) is 0 Å². The van der Waals surface area contributed by atoms with Gasteiger partial charge in [-0.2, -0.15) is 15.6 Å². The van der Waals surface area contributed by atoms with E-state index in [0.29, 0.717) is 11.1 Å². The van der Waals surface area contributed by atoms with Crippen molar-refractivity contribution in [2.45, 2.75) is 6.10 Å². The first-order valence-corrected chi connectivity index (χ1v) is 9.29. The lowest BCUT2D eigenvalue weighted by Crippen LogP contribution is -3.00. The molecule has 0 spiro atoms. The number of hydrogen-bond donors (Lipinski definition) is 6. The number of carbonyl (C=O) groups is 1. The second-order valence-electron chi connectivity index (χ2n) is 6.54. The number of quaternary nitrogens is 2. The molecule has 0 heterocycles. The second kappa shape index (κ2) is 10.6. The molecule has 1 amide bonds. The molecule has 0 bridgehead atoms. The molecule has 11 nitrogen and oxygen atoms in total. The summed E-state index contributed by atoms with van der Waals surface area (Å²) in [5.41, 5.74) is 2.72. The number of amides is 1. The number of hydrogen-bond acceptors (Lipinski definition) is 8. The minimum Gasteiger partial charge on any atom is -0.595 e. The molecule has 6 N–H and O–H groups in total. The van der Waals surface area contributed by atoms with E-state index in [0.717, 1.165) is 6.07 Å². The number of nitrogens with one attached hydrogen (secondary N) is 3. The van der Waals surface area contributed by atoms with Gasteiger partial charge in [-0.3, -0.25) is 4.79 Å². The van der Waals surface area contributed by atoms with Crippen molar-refractivity contribution in [1.82, 2.24) is 5.43 Å². The number of carbonyl (C=O) groups excluding carboxylic acids is 1. The zero-order valence-electron chi connectivity index (χ0n) is 16.5. The maximum Gasteiger partial charge on any atom is 0.273 e. The Morgan fingerprint density at radius 3 is 2.44 bits per heavy atom. The fourth-order valence-electron chi connectivity index (χ4n) is 2.72. The van der Waals surface area contributed by atoms with Crippen molar-refractivity contribution < 1.29 is 35.5 Å². The predicted molar refractivity (Wildman–Crippen MR) is 112 cm³/mol. The van der Waals surface area contributed by atoms with Gasteiger partial charge in [0, 0.05) is 6.07 Å². The summed E-state index contributed by atoms with van der Waals surface area (Å²) in [7, 11) is 0. The van der Waals surface area contributed by atoms with Crippen LogP contribution >= 0.6 is 0 Å². The third-order valence-electron chi connectivity index (χ3n) is 4.29. The average molecular weight is 440 g/mol. The van der Waals surface area contributed by atoms with Gasteiger partial charge in [0.05, 0.1) is 12.3 Å². The van der Waals surface area contributed by atoms with Crippen LogP contribution in [-0.4, -0.2) is 27.6 Å². The molecule has 166 valence electrons. The Kier molecular flexibility index (Phi) is 7.59. The lowest BCUT2D eigenvalue weighted by molar-refractivity contribution is -0.996. The molecule has 2 unspecified atom stereocenters. The summed E-state index contributed by atoms with van der Waals surface area (Å²) < 4.78 is 5.61. The molecule has 0 fully saturated rings. The Labute approximate surface area is 182 Å². The van der Waals surface area contributed by atoms with Crippen molar-refractivity contribution >= 4 is 23.5 Å². The number of nitrogens with zero attached hydrogens (tertiary/aromatic N) is 1. The molecule has 0 saturated carbocycles. The van der Waals surface area contributed by atoms with E-state index in [2.05, 4.69) is 10.5 Å². The molecule has 3 aromatic carbocycles. The van der Waals surface area contributed by atoms with Gasteiger partial charge in [0.2, 0.25) is 5.69 Å². The predicted octanol–water partition coefficient (Wildman–Crippen LogP) is 0.469. The van der Waals surface area contributed by atoms with Crippen LogP contribution in [0, 0.1) is 10.4 Å². The third-order valence-corrected chi connectivity index (χ3v) is 4.29. The average Bonchev–Trinajstić information content (AvgIpc) is 2.79. The van der Waals surface area contributed by atoms with Crippen LogP contribution in [0.1, 0.15) is 17.2 Å². The first kappa shape index (κ1) is 23.0. The Morgan fingerprint density at radius 1 is 1.00 bits per heavy atom. The van der Waals surface area contributed by atoms with Crippen LogP contribution in [0.2, 0.25) is 0 Å². The van der Waals surface area contributed by atoms with E-state index in [1.165, 1.54) is 18.3 Å². The zero-order chi connectivity index (χ0) is 23.1. The highest BCUT2D eigenvalue weighted by Gasteiger charge is 2.17. The smallest absolute Gasteiger partial charge is 0.273 e. The van der Waals surface area contributed by atoms with E-state index in [1.807, 2.05) is 0 Å². The van der Waals surface area contributed by atoms with Gasteiger partial charge in [0.25, 0.3) is 5.91 Å². The number of aliphatic hydroxyl groups is 1. The van der Waals surface area contributed by atoms with Crippen LogP contribution in [0.4, 0.5) is 11.4 Å². The van der Waals surface area contributed by atoms with Crippen molar-refractivity contribution in [3.8, 4) is 11.5 Å². The third kappa shape index (κ3) is 5.94. The van der Waals surface area contributed by atoms with Crippen molar-refractivity contribution in [1.29, 1.82) is 0 Å². The second-order valence-corrected chi connectivity index (χ2v) is 6.54. The number of aliphatic hydroxyl groups excluding tert-OH is 1. The molecule has 0 saturated heterocycles. The molecular weight excluding hydrogens is 420 g/mol. The van der Waals surface area contributed by atoms with Crippen LogP contribution in [0.15, 0.2) is 77.9 Å². The van der Waals surface area contributed by atoms with Gasteiger partial charge >= 0.3 is 0 Å². The molecule has 3 aromatic rings. The lowest BCUT2D eigenvalue weighted by atomic mass is 10.1. The summed E-state index contributed by atoms with van der Waals surface area (Å²) in [4.78, 5) is 12.0. The number of rotatable bonds is 8. The van der Waals surface area contributed by atoms with Gasteiger partial charge in [0.15, 0.2) is 17.5 Å². The summed E-state index contributed by atoms with van der Waals surface area (Å²) >= 11 is 0. The Bertz CT molecular complexity index is 1090. The summed E-state index contributed by atoms with van der Waals surface area (Å²) in [6.45, 7) is 0. The topological polar surface area (TPSA) is 166 Å². The molecule has 32 heavy (non-hydrogen) atoms. The monoisotopic (exact) mass is 440 g/mol. The van der Waals surface area contributed by atoms with E-state index in [-0.39, 0.29) is 22.9 Å². The molecular formula is C21H20N4O7. The summed E-state index contributed by atoms with van der Waals surface area (Å²) in [5.74, 6) is -0.462. The van der Waals surface area contributed by atoms with E-state index < -0.39 is 22.5 Å². The number of hydrazone groups is 1. The maximum atomic E-state index is 12.0. The summed E-state index contributed by atoms with van der Waals surface area (Å²) in [5, 5.41) is 52.2. The molecule has 0 aliphatic heterocycles. The van der Waals surface area contributed by atoms with Gasteiger partial charge in [-0.15, -0.1) is 0 Å². The Balaban J connectivity index is 1.69. The Morgan fingerprint density at radius 2 is 1.75 bits per heavy atom. The Hall–Kier alpha value is -3.68. The minimum absolute atomic E-state index is 0.0316. The van der Waals surface area contributed by atoms with Crippen LogP contribution in [0.3, 0.4) is 0 Å². The normalized spacial score (nSPS) is 14.0. The van der Waals surface area contributed by atoms with Gasteiger partial charge in [-0.05, 0) is 29.3 Å². The molecule has 0 aliphatic carbocycles. The highest BCUT2D eigenvalue weighted by atomic mass is 16.8. The van der Waals surface area contributed by atoms with E-state index >= 15 is 0 Å². The minimum atomic E-state index is -1.37. The first-order chi connectivity index (χ1) is 15.3. The quantitative estimate of drug-likeness (QED) is 0.219. The summed E-state index contributed by atoms with van der Waals surface area (Å²) in [6, 6.07) is 18.3. The molecule has 0 aliphatic rings. The molecule has 0 aromatic heterocycles. The van der Waals surface area contributed by atoms with Crippen molar-refractivity contribution in [2.75, 3.05) is 0 Å². The standard InChI is InChI=1S/C21H20N4O7/c26-20(15-6-2-1-3-7-15)21(27)23-22-13-14-5-4-8-17(11-14)32-19-10-9-16(24(28)29)12-18(19)25(30)31/h1-13,20,24-26,28,30H,(H,23,27)/t20-/m1/s1. The highest BCUT2D eigenvalue weighted by molar-refractivity contribution is 5.85. The summed E-state index contributed by atoms with van der Waals surface area (Å²) in [6.07, 6.45) is -0.0417. The molecule has 0 radical (unpaired) electrons. The van der Waals surface area contributed by atoms with Gasteiger partial charge in [0.1, 0.15) is 5.75 Å². The van der Waals surface area contributed by atoms with Gasteiger partial charge in [-0.25, -0.2) is 15.8 Å². The number of benzene rings is 3. The molecule has 11 heteroatoms. The van der Waals surface area contributed by atoms with Crippen LogP contribution in [0.5, 0.6) is 11.5 Å². The van der Waals surface area contributed by atoms with Crippen molar-refractivity contribution in [3.05, 3.63) is 94.3 Å².